The van der Waals surface area contributed by atoms with Crippen molar-refractivity contribution in [3.05, 3.63) is 76.9 Å². The summed E-state index contributed by atoms with van der Waals surface area (Å²) < 4.78 is 5.57. The van der Waals surface area contributed by atoms with Gasteiger partial charge in [-0.15, -0.1) is 0 Å². The second-order valence-electron chi connectivity index (χ2n) is 9.79. The summed E-state index contributed by atoms with van der Waals surface area (Å²) in [6, 6.07) is 7.75. The van der Waals surface area contributed by atoms with E-state index in [1.807, 2.05) is 28.0 Å². The molecular weight excluding hydrogens is 428 g/mol. The third-order valence-corrected chi connectivity index (χ3v) is 7.24. The number of benzene rings is 1. The quantitative estimate of drug-likeness (QED) is 0.694. The van der Waals surface area contributed by atoms with Gasteiger partial charge in [-0.05, 0) is 42.5 Å². The first-order chi connectivity index (χ1) is 16.4. The number of fused-ring (bicyclic) bond motifs is 6. The van der Waals surface area contributed by atoms with E-state index in [-0.39, 0.29) is 29.7 Å². The van der Waals surface area contributed by atoms with Crippen molar-refractivity contribution in [2.24, 2.45) is 11.8 Å². The number of nitrogens with zero attached hydrogens (tertiary/aromatic N) is 3. The van der Waals surface area contributed by atoms with Crippen LogP contribution in [-0.2, 0) is 16.1 Å². The lowest BCUT2D eigenvalue weighted by Gasteiger charge is -2.39. The van der Waals surface area contributed by atoms with Crippen molar-refractivity contribution < 1.29 is 14.3 Å². The first-order valence-electron chi connectivity index (χ1n) is 12.0. The molecule has 1 unspecified atom stereocenters. The van der Waals surface area contributed by atoms with Crippen LogP contribution in [0.25, 0.3) is 0 Å². The lowest BCUT2D eigenvalue weighted by Crippen LogP contribution is -2.38. The summed E-state index contributed by atoms with van der Waals surface area (Å²) >= 11 is 0. The summed E-state index contributed by atoms with van der Waals surface area (Å²) in [5, 5.41) is 3.04. The minimum absolute atomic E-state index is 0.0200. The van der Waals surface area contributed by atoms with Crippen molar-refractivity contribution in [1.29, 1.82) is 0 Å². The molecule has 2 amide bonds. The maximum Gasteiger partial charge on any atom is 0.272 e. The standard InChI is InChI=1S/C27H28N4O3/c1-15(2)11-24-26(32)29-21-12-20-19(13-23(21)31(24)16(3)17-6-9-34-10-7-17)25-18-5-4-8-28-22(18)14-30(25)27(20)33/h4-5,8,11-13,15,17,25H,3,6-7,9-10,14H2,1-2H3,(H,29,32)/b24-11-. The number of hydrogen-bond donors (Lipinski definition) is 1. The minimum Gasteiger partial charge on any atom is -0.381 e. The molecule has 0 radical (unpaired) electrons. The highest BCUT2D eigenvalue weighted by atomic mass is 16.5. The Labute approximate surface area is 199 Å². The largest absolute Gasteiger partial charge is 0.381 e. The first-order valence-corrected chi connectivity index (χ1v) is 12.0. The van der Waals surface area contributed by atoms with E-state index in [2.05, 4.69) is 42.9 Å². The molecule has 0 bridgehead atoms. The van der Waals surface area contributed by atoms with Crippen LogP contribution in [0.15, 0.2) is 54.5 Å². The average Bonchev–Trinajstić information content (AvgIpc) is 3.34. The van der Waals surface area contributed by atoms with Crippen molar-refractivity contribution in [2.45, 2.75) is 39.3 Å². The summed E-state index contributed by atoms with van der Waals surface area (Å²) in [5.74, 6) is 0.223. The molecule has 34 heavy (non-hydrogen) atoms. The summed E-state index contributed by atoms with van der Waals surface area (Å²) in [7, 11) is 0. The van der Waals surface area contributed by atoms with Crippen LogP contribution in [0.5, 0.6) is 0 Å². The van der Waals surface area contributed by atoms with E-state index < -0.39 is 0 Å². The Bertz CT molecular complexity index is 1260. The van der Waals surface area contributed by atoms with E-state index in [1.165, 1.54) is 0 Å². The summed E-state index contributed by atoms with van der Waals surface area (Å²) in [4.78, 5) is 35.0. The molecule has 174 valence electrons. The highest BCUT2D eigenvalue weighted by Crippen LogP contribution is 2.50. The molecule has 1 aromatic heterocycles. The molecule has 1 fully saturated rings. The number of carbonyl (C=O) groups excluding carboxylic acids is 2. The maximum atomic E-state index is 13.3. The van der Waals surface area contributed by atoms with E-state index in [1.54, 1.807) is 6.20 Å². The van der Waals surface area contributed by atoms with Gasteiger partial charge in [0.25, 0.3) is 11.8 Å². The third-order valence-electron chi connectivity index (χ3n) is 7.24. The molecule has 4 aliphatic rings. The molecule has 1 saturated heterocycles. The number of allylic oxidation sites excluding steroid dienone is 2. The zero-order valence-electron chi connectivity index (χ0n) is 19.5. The predicted molar refractivity (Wildman–Crippen MR) is 129 cm³/mol. The Morgan fingerprint density at radius 1 is 1.24 bits per heavy atom. The van der Waals surface area contributed by atoms with E-state index >= 15 is 0 Å². The minimum atomic E-state index is -0.171. The summed E-state index contributed by atoms with van der Waals surface area (Å²) in [6.45, 7) is 10.5. The fourth-order valence-electron chi connectivity index (χ4n) is 5.64. The third kappa shape index (κ3) is 3.10. The highest BCUT2D eigenvalue weighted by Gasteiger charge is 2.45. The highest BCUT2D eigenvalue weighted by molar-refractivity contribution is 6.14. The van der Waals surface area contributed by atoms with Gasteiger partial charge in [-0.2, -0.15) is 0 Å². The van der Waals surface area contributed by atoms with Gasteiger partial charge in [-0.1, -0.05) is 32.6 Å². The molecular formula is C27H28N4O3. The van der Waals surface area contributed by atoms with Crippen LogP contribution in [-0.4, -0.2) is 34.9 Å². The zero-order chi connectivity index (χ0) is 23.6. The van der Waals surface area contributed by atoms with Crippen molar-refractivity contribution >= 4 is 23.2 Å². The summed E-state index contributed by atoms with van der Waals surface area (Å²) in [6.07, 6.45) is 5.51. The van der Waals surface area contributed by atoms with Gasteiger partial charge in [0.15, 0.2) is 0 Å². The van der Waals surface area contributed by atoms with Crippen LogP contribution in [0.3, 0.4) is 0 Å². The Morgan fingerprint density at radius 3 is 2.79 bits per heavy atom. The lowest BCUT2D eigenvalue weighted by molar-refractivity contribution is -0.113. The molecule has 1 N–H and O–H groups in total. The van der Waals surface area contributed by atoms with Crippen LogP contribution >= 0.6 is 0 Å². The van der Waals surface area contributed by atoms with Gasteiger partial charge in [0.1, 0.15) is 5.70 Å². The number of amides is 2. The monoisotopic (exact) mass is 456 g/mol. The molecule has 7 heteroatoms. The number of pyridine rings is 1. The second kappa shape index (κ2) is 7.81. The molecule has 1 aromatic carbocycles. The summed E-state index contributed by atoms with van der Waals surface area (Å²) in [5.41, 5.74) is 6.64. The van der Waals surface area contributed by atoms with E-state index in [9.17, 15) is 9.59 Å². The average molecular weight is 457 g/mol. The Morgan fingerprint density at radius 2 is 2.03 bits per heavy atom. The van der Waals surface area contributed by atoms with Crippen molar-refractivity contribution in [3.8, 4) is 0 Å². The Hall–Kier alpha value is -3.45. The smallest absolute Gasteiger partial charge is 0.272 e. The maximum absolute atomic E-state index is 13.3. The number of anilines is 2. The molecule has 5 heterocycles. The number of rotatable bonds is 3. The SMILES string of the molecule is C=C(C1CCOCC1)N1/C(=C\C(C)C)C(=O)Nc2cc3c(cc21)C1c2cccnc2CN1C3=O. The van der Waals surface area contributed by atoms with Gasteiger partial charge in [-0.3, -0.25) is 14.6 Å². The number of aromatic nitrogens is 1. The van der Waals surface area contributed by atoms with E-state index in [0.717, 1.165) is 41.0 Å². The molecule has 2 aromatic rings. The molecule has 0 aliphatic carbocycles. The number of ether oxygens (including phenoxy) is 1. The molecule has 1 atom stereocenters. The van der Waals surface area contributed by atoms with Crippen LogP contribution in [0.2, 0.25) is 0 Å². The number of hydrogen-bond acceptors (Lipinski definition) is 5. The molecule has 4 aliphatic heterocycles. The van der Waals surface area contributed by atoms with Crippen molar-refractivity contribution in [3.63, 3.8) is 0 Å². The van der Waals surface area contributed by atoms with Crippen LogP contribution < -0.4 is 10.2 Å². The first kappa shape index (κ1) is 21.1. The molecule has 7 nitrogen and oxygen atoms in total. The van der Waals surface area contributed by atoms with Gasteiger partial charge < -0.3 is 19.9 Å². The zero-order valence-corrected chi connectivity index (χ0v) is 19.5. The van der Waals surface area contributed by atoms with E-state index in [4.69, 9.17) is 4.74 Å². The number of carbonyl (C=O) groups is 2. The van der Waals surface area contributed by atoms with Crippen molar-refractivity contribution in [2.75, 3.05) is 23.4 Å². The lowest BCUT2D eigenvalue weighted by atomic mass is 9.92. The number of nitrogens with one attached hydrogen (secondary N) is 1. The molecule has 0 saturated carbocycles. The van der Waals surface area contributed by atoms with Gasteiger partial charge in [-0.25, -0.2) is 0 Å². The van der Waals surface area contributed by atoms with Gasteiger partial charge in [0, 0.05) is 42.2 Å². The van der Waals surface area contributed by atoms with Gasteiger partial charge in [0.05, 0.1) is 29.7 Å². The van der Waals surface area contributed by atoms with Crippen LogP contribution in [0.1, 0.15) is 59.9 Å². The normalized spacial score (nSPS) is 22.6. The van der Waals surface area contributed by atoms with Crippen LogP contribution in [0.4, 0.5) is 11.4 Å². The predicted octanol–water partition coefficient (Wildman–Crippen LogP) is 4.38. The van der Waals surface area contributed by atoms with Crippen molar-refractivity contribution in [1.82, 2.24) is 9.88 Å². The fraction of sp³-hybridized carbons (Fsp3) is 0.370. The Balaban J connectivity index is 1.51. The Kier molecular flexibility index (Phi) is 4.85. The molecule has 6 rings (SSSR count). The van der Waals surface area contributed by atoms with Gasteiger partial charge >= 0.3 is 0 Å². The van der Waals surface area contributed by atoms with E-state index in [0.29, 0.717) is 36.7 Å². The topological polar surface area (TPSA) is 74.8 Å². The van der Waals surface area contributed by atoms with Gasteiger partial charge in [0.2, 0.25) is 0 Å². The fourth-order valence-corrected chi connectivity index (χ4v) is 5.64. The van der Waals surface area contributed by atoms with Crippen LogP contribution in [0, 0.1) is 11.8 Å². The molecule has 0 spiro atoms. The second-order valence-corrected chi connectivity index (χ2v) is 9.79.